The molecule has 3 rings (SSSR count). The molecule has 2 aliphatic rings. The lowest BCUT2D eigenvalue weighted by atomic mass is 10.2. The van der Waals surface area contributed by atoms with E-state index in [0.29, 0.717) is 43.4 Å². The molecule has 2 unspecified atom stereocenters. The van der Waals surface area contributed by atoms with Crippen molar-refractivity contribution in [3.05, 3.63) is 29.3 Å². The average molecular weight is 387 g/mol. The molecule has 6 nitrogen and oxygen atoms in total. The van der Waals surface area contributed by atoms with Gasteiger partial charge in [-0.25, -0.2) is 8.42 Å². The van der Waals surface area contributed by atoms with Crippen molar-refractivity contribution in [3.63, 3.8) is 0 Å². The first-order chi connectivity index (χ1) is 11.8. The van der Waals surface area contributed by atoms with Crippen LogP contribution in [0.5, 0.6) is 5.75 Å². The highest BCUT2D eigenvalue weighted by Crippen LogP contribution is 2.21. The summed E-state index contributed by atoms with van der Waals surface area (Å²) in [5.41, 5.74) is 0. The van der Waals surface area contributed by atoms with Gasteiger partial charge in [-0.3, -0.25) is 9.69 Å². The Morgan fingerprint density at radius 3 is 2.60 bits per heavy atom. The predicted molar refractivity (Wildman–Crippen MR) is 96.8 cm³/mol. The highest BCUT2D eigenvalue weighted by Gasteiger charge is 2.35. The fourth-order valence-corrected chi connectivity index (χ4v) is 5.36. The molecular formula is C17H23ClN2O4S. The molecule has 0 spiro atoms. The number of ether oxygens (including phenoxy) is 1. The minimum Gasteiger partial charge on any atom is -0.481 e. The van der Waals surface area contributed by atoms with Gasteiger partial charge >= 0.3 is 0 Å². The van der Waals surface area contributed by atoms with Crippen LogP contribution in [0.4, 0.5) is 0 Å². The quantitative estimate of drug-likeness (QED) is 0.783. The van der Waals surface area contributed by atoms with Crippen LogP contribution >= 0.6 is 11.6 Å². The third-order valence-electron chi connectivity index (χ3n) is 4.81. The predicted octanol–water partition coefficient (Wildman–Crippen LogP) is 1.44. The van der Waals surface area contributed by atoms with Crippen molar-refractivity contribution in [2.45, 2.75) is 25.5 Å². The van der Waals surface area contributed by atoms with Crippen LogP contribution in [0, 0.1) is 0 Å². The van der Waals surface area contributed by atoms with Crippen molar-refractivity contribution in [1.29, 1.82) is 0 Å². The van der Waals surface area contributed by atoms with E-state index in [1.54, 1.807) is 36.1 Å². The van der Waals surface area contributed by atoms with Gasteiger partial charge in [-0.05, 0) is 31.5 Å². The first-order valence-electron chi connectivity index (χ1n) is 8.49. The first kappa shape index (κ1) is 18.5. The summed E-state index contributed by atoms with van der Waals surface area (Å²) in [7, 11) is -2.88. The summed E-state index contributed by atoms with van der Waals surface area (Å²) in [5, 5.41) is 0.567. The number of sulfone groups is 1. The number of rotatable bonds is 4. The number of halogens is 1. The minimum atomic E-state index is -2.88. The van der Waals surface area contributed by atoms with Crippen LogP contribution in [-0.2, 0) is 14.6 Å². The van der Waals surface area contributed by atoms with Gasteiger partial charge in [0.05, 0.1) is 11.5 Å². The Bertz CT molecular complexity index is 732. The third-order valence-corrected chi connectivity index (χ3v) is 6.79. The molecule has 0 aliphatic carbocycles. The van der Waals surface area contributed by atoms with Crippen LogP contribution in [0.1, 0.15) is 13.3 Å². The summed E-state index contributed by atoms with van der Waals surface area (Å²) in [6.07, 6.45) is 0.113. The number of piperazine rings is 1. The monoisotopic (exact) mass is 386 g/mol. The van der Waals surface area contributed by atoms with E-state index in [2.05, 4.69) is 4.90 Å². The largest absolute Gasteiger partial charge is 0.481 e. The molecule has 0 aromatic heterocycles. The normalized spacial score (nSPS) is 24.9. The van der Waals surface area contributed by atoms with E-state index in [-0.39, 0.29) is 23.5 Å². The van der Waals surface area contributed by atoms with E-state index in [1.807, 2.05) is 0 Å². The number of amides is 1. The van der Waals surface area contributed by atoms with E-state index in [4.69, 9.17) is 16.3 Å². The molecule has 2 atom stereocenters. The Balaban J connectivity index is 1.51. The molecule has 8 heteroatoms. The molecule has 2 heterocycles. The zero-order valence-electron chi connectivity index (χ0n) is 14.2. The van der Waals surface area contributed by atoms with E-state index < -0.39 is 15.9 Å². The molecule has 0 bridgehead atoms. The lowest BCUT2D eigenvalue weighted by Gasteiger charge is -2.38. The molecule has 1 aromatic rings. The summed E-state index contributed by atoms with van der Waals surface area (Å²) in [5.74, 6) is 1.04. The highest BCUT2D eigenvalue weighted by atomic mass is 35.5. The van der Waals surface area contributed by atoms with E-state index in [1.165, 1.54) is 0 Å². The highest BCUT2D eigenvalue weighted by molar-refractivity contribution is 7.91. The van der Waals surface area contributed by atoms with Crippen molar-refractivity contribution in [2.24, 2.45) is 0 Å². The molecule has 2 saturated heterocycles. The van der Waals surface area contributed by atoms with E-state index in [0.717, 1.165) is 0 Å². The Morgan fingerprint density at radius 2 is 2.00 bits per heavy atom. The van der Waals surface area contributed by atoms with Crippen LogP contribution in [-0.4, -0.2) is 74.0 Å². The summed E-state index contributed by atoms with van der Waals surface area (Å²) in [4.78, 5) is 16.6. The summed E-state index contributed by atoms with van der Waals surface area (Å²) in [6.45, 7) is 4.34. The SMILES string of the molecule is CC(Oc1cccc(Cl)c1)C(=O)N1CCN(C2CCS(=O)(=O)C2)CC1. The lowest BCUT2D eigenvalue weighted by Crippen LogP contribution is -2.54. The van der Waals surface area contributed by atoms with Crippen molar-refractivity contribution in [1.82, 2.24) is 9.80 Å². The Morgan fingerprint density at radius 1 is 1.28 bits per heavy atom. The van der Waals surface area contributed by atoms with Crippen molar-refractivity contribution in [2.75, 3.05) is 37.7 Å². The number of carbonyl (C=O) groups is 1. The van der Waals surface area contributed by atoms with Gasteiger partial charge in [-0.2, -0.15) is 0 Å². The minimum absolute atomic E-state index is 0.0568. The maximum absolute atomic E-state index is 12.6. The number of carbonyl (C=O) groups excluding carboxylic acids is 1. The molecule has 0 N–H and O–H groups in total. The number of benzene rings is 1. The van der Waals surface area contributed by atoms with Gasteiger partial charge in [0.15, 0.2) is 15.9 Å². The molecule has 2 aliphatic heterocycles. The summed E-state index contributed by atoms with van der Waals surface area (Å²) in [6, 6.07) is 7.09. The zero-order chi connectivity index (χ0) is 18.0. The Kier molecular flexibility index (Phi) is 5.55. The second-order valence-corrected chi connectivity index (χ2v) is 9.30. The summed E-state index contributed by atoms with van der Waals surface area (Å²) >= 11 is 5.93. The van der Waals surface area contributed by atoms with Crippen molar-refractivity contribution >= 4 is 27.3 Å². The molecular weight excluding hydrogens is 364 g/mol. The van der Waals surface area contributed by atoms with Crippen LogP contribution in [0.3, 0.4) is 0 Å². The maximum Gasteiger partial charge on any atom is 0.263 e. The molecule has 0 saturated carbocycles. The van der Waals surface area contributed by atoms with Gasteiger partial charge in [0.2, 0.25) is 0 Å². The number of hydrogen-bond acceptors (Lipinski definition) is 5. The molecule has 2 fully saturated rings. The fourth-order valence-electron chi connectivity index (χ4n) is 3.42. The fraction of sp³-hybridized carbons (Fsp3) is 0.588. The smallest absolute Gasteiger partial charge is 0.263 e. The number of nitrogens with zero attached hydrogens (tertiary/aromatic N) is 2. The van der Waals surface area contributed by atoms with Crippen molar-refractivity contribution in [3.8, 4) is 5.75 Å². The maximum atomic E-state index is 12.6. The van der Waals surface area contributed by atoms with Crippen molar-refractivity contribution < 1.29 is 17.9 Å². The topological polar surface area (TPSA) is 66.9 Å². The van der Waals surface area contributed by atoms with Gasteiger partial charge in [-0.15, -0.1) is 0 Å². The summed E-state index contributed by atoms with van der Waals surface area (Å²) < 4.78 is 28.9. The molecule has 1 amide bonds. The second-order valence-electron chi connectivity index (χ2n) is 6.64. The molecule has 0 radical (unpaired) electrons. The van der Waals surface area contributed by atoms with Gasteiger partial charge in [-0.1, -0.05) is 17.7 Å². The van der Waals surface area contributed by atoms with Crippen LogP contribution in [0.15, 0.2) is 24.3 Å². The van der Waals surface area contributed by atoms with Crippen LogP contribution in [0.2, 0.25) is 5.02 Å². The van der Waals surface area contributed by atoms with Crippen LogP contribution in [0.25, 0.3) is 0 Å². The second kappa shape index (κ2) is 7.51. The molecule has 138 valence electrons. The van der Waals surface area contributed by atoms with Gasteiger partial charge in [0.25, 0.3) is 5.91 Å². The van der Waals surface area contributed by atoms with E-state index >= 15 is 0 Å². The standard InChI is InChI=1S/C17H23ClN2O4S/c1-13(24-16-4-2-3-14(18)11-16)17(21)20-8-6-19(7-9-20)15-5-10-25(22,23)12-15/h2-4,11,13,15H,5-10,12H2,1H3. The third kappa shape index (κ3) is 4.65. The van der Waals surface area contributed by atoms with Gasteiger partial charge in [0, 0.05) is 37.2 Å². The number of hydrogen-bond donors (Lipinski definition) is 0. The van der Waals surface area contributed by atoms with Crippen LogP contribution < -0.4 is 4.74 Å². The Hall–Kier alpha value is -1.31. The van der Waals surface area contributed by atoms with E-state index in [9.17, 15) is 13.2 Å². The lowest BCUT2D eigenvalue weighted by molar-refractivity contribution is -0.140. The van der Waals surface area contributed by atoms with Gasteiger partial charge < -0.3 is 9.64 Å². The molecule has 25 heavy (non-hydrogen) atoms. The average Bonchev–Trinajstić information content (AvgIpc) is 2.94. The molecule has 1 aromatic carbocycles. The first-order valence-corrected chi connectivity index (χ1v) is 10.7. The Labute approximate surface area is 153 Å². The zero-order valence-corrected chi connectivity index (χ0v) is 15.8. The van der Waals surface area contributed by atoms with Gasteiger partial charge in [0.1, 0.15) is 5.75 Å².